The molecular formula is C15H13ClFN3O. The van der Waals surface area contributed by atoms with Crippen molar-refractivity contribution in [3.05, 3.63) is 46.7 Å². The van der Waals surface area contributed by atoms with Crippen molar-refractivity contribution >= 4 is 40.3 Å². The zero-order valence-electron chi connectivity index (χ0n) is 11.0. The fourth-order valence-corrected chi connectivity index (χ4v) is 2.47. The quantitative estimate of drug-likeness (QED) is 0.741. The fraction of sp³-hybridized carbons (Fsp3) is 0.133. The number of hydrogen-bond acceptors (Lipinski definition) is 3. The van der Waals surface area contributed by atoms with Gasteiger partial charge in [0.1, 0.15) is 5.82 Å². The molecule has 3 rings (SSSR count). The number of carbonyl (C=O) groups is 1. The van der Waals surface area contributed by atoms with E-state index in [1.165, 1.54) is 12.1 Å². The molecular weight excluding hydrogens is 293 g/mol. The maximum Gasteiger partial charge on any atom is 0.224 e. The lowest BCUT2D eigenvalue weighted by Gasteiger charge is -2.20. The second kappa shape index (κ2) is 5.26. The van der Waals surface area contributed by atoms with E-state index >= 15 is 0 Å². The monoisotopic (exact) mass is 305 g/mol. The molecule has 0 bridgehead atoms. The van der Waals surface area contributed by atoms with Gasteiger partial charge in [-0.2, -0.15) is 0 Å². The van der Waals surface area contributed by atoms with Crippen molar-refractivity contribution in [2.75, 3.05) is 16.4 Å². The van der Waals surface area contributed by atoms with Crippen molar-refractivity contribution in [2.45, 2.75) is 12.8 Å². The maximum absolute atomic E-state index is 13.2. The second-order valence-electron chi connectivity index (χ2n) is 4.90. The Kier molecular flexibility index (Phi) is 3.43. The van der Waals surface area contributed by atoms with Gasteiger partial charge in [-0.3, -0.25) is 4.79 Å². The summed E-state index contributed by atoms with van der Waals surface area (Å²) in [5.41, 5.74) is 9.59. The van der Waals surface area contributed by atoms with Crippen molar-refractivity contribution in [1.29, 1.82) is 0 Å². The van der Waals surface area contributed by atoms with E-state index in [2.05, 4.69) is 10.6 Å². The van der Waals surface area contributed by atoms with Gasteiger partial charge in [0.15, 0.2) is 0 Å². The Hall–Kier alpha value is -2.27. The van der Waals surface area contributed by atoms with Crippen molar-refractivity contribution in [3.63, 3.8) is 0 Å². The molecule has 1 aliphatic heterocycles. The molecule has 2 aromatic rings. The number of fused-ring (bicyclic) bond motifs is 1. The first kappa shape index (κ1) is 13.7. The van der Waals surface area contributed by atoms with Crippen LogP contribution in [0.4, 0.5) is 27.1 Å². The summed E-state index contributed by atoms with van der Waals surface area (Å²) in [6.07, 6.45) is 1.14. The van der Waals surface area contributed by atoms with Crippen LogP contribution in [-0.4, -0.2) is 5.91 Å². The van der Waals surface area contributed by atoms with E-state index in [1.807, 2.05) is 6.07 Å². The number of carbonyl (C=O) groups excluding carboxylic acids is 1. The Morgan fingerprint density at radius 2 is 2.05 bits per heavy atom. The molecule has 0 radical (unpaired) electrons. The van der Waals surface area contributed by atoms with E-state index in [0.29, 0.717) is 29.9 Å². The third-order valence-corrected chi connectivity index (χ3v) is 3.66. The molecule has 0 aromatic heterocycles. The molecule has 2 aromatic carbocycles. The van der Waals surface area contributed by atoms with Crippen LogP contribution in [0.15, 0.2) is 30.3 Å². The highest BCUT2D eigenvalue weighted by Crippen LogP contribution is 2.33. The van der Waals surface area contributed by atoms with Gasteiger partial charge in [-0.15, -0.1) is 0 Å². The zero-order valence-corrected chi connectivity index (χ0v) is 11.8. The molecule has 0 saturated heterocycles. The molecule has 0 aliphatic carbocycles. The Morgan fingerprint density at radius 1 is 1.24 bits per heavy atom. The highest BCUT2D eigenvalue weighted by atomic mass is 35.5. The van der Waals surface area contributed by atoms with Crippen molar-refractivity contribution in [1.82, 2.24) is 0 Å². The lowest BCUT2D eigenvalue weighted by Crippen LogP contribution is -2.19. The highest BCUT2D eigenvalue weighted by molar-refractivity contribution is 6.31. The molecule has 0 saturated carbocycles. The Bertz CT molecular complexity index is 733. The van der Waals surface area contributed by atoms with Gasteiger partial charge in [0, 0.05) is 17.8 Å². The Morgan fingerprint density at radius 3 is 2.81 bits per heavy atom. The van der Waals surface area contributed by atoms with Crippen LogP contribution in [0.5, 0.6) is 0 Å². The van der Waals surface area contributed by atoms with Crippen molar-refractivity contribution in [3.8, 4) is 0 Å². The molecule has 0 fully saturated rings. The van der Waals surface area contributed by atoms with E-state index < -0.39 is 5.82 Å². The van der Waals surface area contributed by atoms with Crippen LogP contribution >= 0.6 is 11.6 Å². The van der Waals surface area contributed by atoms with Gasteiger partial charge in [-0.1, -0.05) is 11.6 Å². The molecule has 1 heterocycles. The molecule has 108 valence electrons. The number of aryl methyl sites for hydroxylation is 1. The minimum atomic E-state index is -0.479. The normalized spacial score (nSPS) is 13.5. The predicted octanol–water partition coefficient (Wildman–Crippen LogP) is 3.69. The van der Waals surface area contributed by atoms with Gasteiger partial charge in [-0.25, -0.2) is 4.39 Å². The zero-order chi connectivity index (χ0) is 15.0. The highest BCUT2D eigenvalue weighted by Gasteiger charge is 2.16. The first-order chi connectivity index (χ1) is 10.0. The lowest BCUT2D eigenvalue weighted by molar-refractivity contribution is -0.116. The molecule has 0 unspecified atom stereocenters. The molecule has 4 nitrogen and oxygen atoms in total. The second-order valence-corrected chi connectivity index (χ2v) is 5.31. The number of nitrogens with one attached hydrogen (secondary N) is 2. The van der Waals surface area contributed by atoms with E-state index in [1.54, 1.807) is 12.1 Å². The van der Waals surface area contributed by atoms with Gasteiger partial charge < -0.3 is 16.4 Å². The Balaban J connectivity index is 1.93. The minimum Gasteiger partial charge on any atom is -0.397 e. The summed E-state index contributed by atoms with van der Waals surface area (Å²) in [6.45, 7) is 0. The predicted molar refractivity (Wildman–Crippen MR) is 82.5 cm³/mol. The molecule has 4 N–H and O–H groups in total. The minimum absolute atomic E-state index is 0.0111. The largest absolute Gasteiger partial charge is 0.397 e. The van der Waals surface area contributed by atoms with Gasteiger partial charge in [-0.05, 0) is 42.3 Å². The molecule has 1 aliphatic rings. The SMILES string of the molecule is Nc1cc2c(cc1Nc1ccc(F)c(Cl)c1)NC(=O)CC2. The lowest BCUT2D eigenvalue weighted by atomic mass is 10.0. The van der Waals surface area contributed by atoms with Gasteiger partial charge in [0.05, 0.1) is 16.4 Å². The topological polar surface area (TPSA) is 67.2 Å². The Labute approximate surface area is 126 Å². The number of benzene rings is 2. The fourth-order valence-electron chi connectivity index (χ4n) is 2.29. The van der Waals surface area contributed by atoms with E-state index in [-0.39, 0.29) is 10.9 Å². The molecule has 1 amide bonds. The molecule has 6 heteroatoms. The van der Waals surface area contributed by atoms with Crippen LogP contribution in [0.3, 0.4) is 0 Å². The number of hydrogen-bond donors (Lipinski definition) is 3. The van der Waals surface area contributed by atoms with Crippen molar-refractivity contribution < 1.29 is 9.18 Å². The smallest absolute Gasteiger partial charge is 0.224 e. The van der Waals surface area contributed by atoms with E-state index in [0.717, 1.165) is 11.3 Å². The summed E-state index contributed by atoms with van der Waals surface area (Å²) in [7, 11) is 0. The van der Waals surface area contributed by atoms with Crippen LogP contribution < -0.4 is 16.4 Å². The van der Waals surface area contributed by atoms with E-state index in [4.69, 9.17) is 17.3 Å². The number of nitrogen functional groups attached to an aromatic ring is 1. The summed E-state index contributed by atoms with van der Waals surface area (Å²) in [4.78, 5) is 11.4. The average molecular weight is 306 g/mol. The number of rotatable bonds is 2. The summed E-state index contributed by atoms with van der Waals surface area (Å²) < 4.78 is 13.2. The third-order valence-electron chi connectivity index (χ3n) is 3.37. The molecule has 0 atom stereocenters. The number of anilines is 4. The van der Waals surface area contributed by atoms with Crippen LogP contribution in [0.2, 0.25) is 5.02 Å². The first-order valence-electron chi connectivity index (χ1n) is 6.47. The van der Waals surface area contributed by atoms with Gasteiger partial charge in [0.25, 0.3) is 0 Å². The number of amides is 1. The van der Waals surface area contributed by atoms with Gasteiger partial charge in [0.2, 0.25) is 5.91 Å². The molecule has 21 heavy (non-hydrogen) atoms. The third kappa shape index (κ3) is 2.78. The van der Waals surface area contributed by atoms with Crippen molar-refractivity contribution in [2.24, 2.45) is 0 Å². The first-order valence-corrected chi connectivity index (χ1v) is 6.85. The standard InChI is InChI=1S/C15H13ClFN3O/c16-10-6-9(2-3-11(10)17)19-14-7-13-8(5-12(14)18)1-4-15(21)20-13/h2-3,5-7,19H,1,4,18H2,(H,20,21). The van der Waals surface area contributed by atoms with Crippen LogP contribution in [-0.2, 0) is 11.2 Å². The maximum atomic E-state index is 13.2. The van der Waals surface area contributed by atoms with Crippen LogP contribution in [0, 0.1) is 5.82 Å². The van der Waals surface area contributed by atoms with Crippen LogP contribution in [0.25, 0.3) is 0 Å². The summed E-state index contributed by atoms with van der Waals surface area (Å²) in [5, 5.41) is 5.92. The number of halogens is 2. The summed E-state index contributed by atoms with van der Waals surface area (Å²) in [6, 6.07) is 7.94. The van der Waals surface area contributed by atoms with Gasteiger partial charge >= 0.3 is 0 Å². The molecule has 0 spiro atoms. The average Bonchev–Trinajstić information content (AvgIpc) is 2.44. The van der Waals surface area contributed by atoms with E-state index in [9.17, 15) is 9.18 Å². The summed E-state index contributed by atoms with van der Waals surface area (Å²) in [5.74, 6) is -0.490. The van der Waals surface area contributed by atoms with Crippen LogP contribution in [0.1, 0.15) is 12.0 Å². The number of nitrogens with two attached hydrogens (primary N) is 1. The summed E-state index contributed by atoms with van der Waals surface area (Å²) >= 11 is 5.75.